The van der Waals surface area contributed by atoms with Crippen LogP contribution in [-0.2, 0) is 0 Å². The quantitative estimate of drug-likeness (QED) is 0.876. The summed E-state index contributed by atoms with van der Waals surface area (Å²) in [4.78, 5) is 0. The fraction of sp³-hybridized carbons (Fsp3) is 0.647. The van der Waals surface area contributed by atoms with Crippen molar-refractivity contribution in [3.05, 3.63) is 29.8 Å². The molecule has 0 aliphatic carbocycles. The van der Waals surface area contributed by atoms with Gasteiger partial charge >= 0.3 is 0 Å². The SMILES string of the molecule is CCC(NC1CSCC(C)(C)C1)c1ccccc1OC. The predicted molar refractivity (Wildman–Crippen MR) is 88.7 cm³/mol. The molecule has 20 heavy (non-hydrogen) atoms. The third-order valence-corrected chi connectivity index (χ3v) is 5.59. The minimum atomic E-state index is 0.380. The van der Waals surface area contributed by atoms with E-state index in [1.165, 1.54) is 23.5 Å². The number of benzene rings is 1. The molecule has 2 nitrogen and oxygen atoms in total. The maximum absolute atomic E-state index is 5.51. The van der Waals surface area contributed by atoms with E-state index in [0.717, 1.165) is 12.2 Å². The summed E-state index contributed by atoms with van der Waals surface area (Å²) in [5.74, 6) is 3.49. The number of hydrogen-bond donors (Lipinski definition) is 1. The van der Waals surface area contributed by atoms with E-state index in [-0.39, 0.29) is 0 Å². The summed E-state index contributed by atoms with van der Waals surface area (Å²) in [6.45, 7) is 6.99. The first-order valence-electron chi connectivity index (χ1n) is 7.52. The number of thioether (sulfide) groups is 1. The molecule has 1 heterocycles. The Morgan fingerprint density at radius 2 is 2.15 bits per heavy atom. The molecule has 1 saturated heterocycles. The van der Waals surface area contributed by atoms with Crippen LogP contribution in [0.5, 0.6) is 5.75 Å². The van der Waals surface area contributed by atoms with Gasteiger partial charge in [0.15, 0.2) is 0 Å². The van der Waals surface area contributed by atoms with Gasteiger partial charge in [-0.15, -0.1) is 0 Å². The highest BCUT2D eigenvalue weighted by atomic mass is 32.2. The largest absolute Gasteiger partial charge is 0.496 e. The highest BCUT2D eigenvalue weighted by Gasteiger charge is 2.30. The lowest BCUT2D eigenvalue weighted by atomic mass is 9.87. The molecule has 0 saturated carbocycles. The molecule has 112 valence electrons. The molecule has 1 aromatic rings. The van der Waals surface area contributed by atoms with E-state index in [1.807, 2.05) is 6.07 Å². The van der Waals surface area contributed by atoms with Gasteiger partial charge < -0.3 is 10.1 Å². The molecule has 2 unspecified atom stereocenters. The van der Waals surface area contributed by atoms with Crippen LogP contribution in [0, 0.1) is 5.41 Å². The van der Waals surface area contributed by atoms with Gasteiger partial charge in [-0.2, -0.15) is 11.8 Å². The van der Waals surface area contributed by atoms with Gasteiger partial charge in [0.1, 0.15) is 5.75 Å². The monoisotopic (exact) mass is 293 g/mol. The van der Waals surface area contributed by atoms with Crippen LogP contribution in [0.25, 0.3) is 0 Å². The van der Waals surface area contributed by atoms with Crippen LogP contribution in [-0.4, -0.2) is 24.7 Å². The fourth-order valence-corrected chi connectivity index (χ4v) is 4.32. The number of nitrogens with one attached hydrogen (secondary N) is 1. The zero-order valence-corrected chi connectivity index (χ0v) is 13.9. The van der Waals surface area contributed by atoms with Crippen molar-refractivity contribution in [3.63, 3.8) is 0 Å². The van der Waals surface area contributed by atoms with Gasteiger partial charge in [0.25, 0.3) is 0 Å². The fourth-order valence-electron chi connectivity index (χ4n) is 3.04. The van der Waals surface area contributed by atoms with Crippen LogP contribution in [0.4, 0.5) is 0 Å². The number of hydrogen-bond acceptors (Lipinski definition) is 3. The topological polar surface area (TPSA) is 21.3 Å². The Kier molecular flexibility index (Phi) is 5.39. The van der Waals surface area contributed by atoms with Crippen LogP contribution in [0.2, 0.25) is 0 Å². The molecule has 1 N–H and O–H groups in total. The van der Waals surface area contributed by atoms with E-state index < -0.39 is 0 Å². The van der Waals surface area contributed by atoms with E-state index in [2.05, 4.69) is 56.0 Å². The Morgan fingerprint density at radius 3 is 2.80 bits per heavy atom. The van der Waals surface area contributed by atoms with Crippen molar-refractivity contribution in [1.82, 2.24) is 5.32 Å². The van der Waals surface area contributed by atoms with Crippen molar-refractivity contribution in [3.8, 4) is 5.75 Å². The standard InChI is InChI=1S/C17H27NOS/c1-5-15(14-8-6-7-9-16(14)19-4)18-13-10-17(2,3)12-20-11-13/h6-9,13,15,18H,5,10-12H2,1-4H3. The second-order valence-corrected chi connectivity index (χ2v) is 7.48. The lowest BCUT2D eigenvalue weighted by Crippen LogP contribution is -2.42. The first kappa shape index (κ1) is 15.7. The lowest BCUT2D eigenvalue weighted by molar-refractivity contribution is 0.295. The summed E-state index contributed by atoms with van der Waals surface area (Å²) in [5, 5.41) is 3.85. The van der Waals surface area contributed by atoms with Crippen molar-refractivity contribution in [2.45, 2.75) is 45.7 Å². The highest BCUT2D eigenvalue weighted by molar-refractivity contribution is 7.99. The first-order chi connectivity index (χ1) is 9.55. The second-order valence-electron chi connectivity index (χ2n) is 6.45. The molecule has 1 aliphatic heterocycles. The van der Waals surface area contributed by atoms with Crippen LogP contribution in [0.1, 0.15) is 45.2 Å². The van der Waals surface area contributed by atoms with Gasteiger partial charge in [-0.25, -0.2) is 0 Å². The van der Waals surface area contributed by atoms with Gasteiger partial charge in [0.05, 0.1) is 7.11 Å². The zero-order valence-electron chi connectivity index (χ0n) is 13.1. The Balaban J connectivity index is 2.09. The van der Waals surface area contributed by atoms with E-state index >= 15 is 0 Å². The molecule has 1 aromatic carbocycles. The summed E-state index contributed by atoms with van der Waals surface area (Å²) >= 11 is 2.07. The maximum atomic E-state index is 5.51. The third kappa shape index (κ3) is 3.92. The van der Waals surface area contributed by atoms with Crippen LogP contribution < -0.4 is 10.1 Å². The van der Waals surface area contributed by atoms with Crippen LogP contribution >= 0.6 is 11.8 Å². The van der Waals surface area contributed by atoms with E-state index in [0.29, 0.717) is 17.5 Å². The summed E-state index contributed by atoms with van der Waals surface area (Å²) in [6, 6.07) is 9.35. The minimum absolute atomic E-state index is 0.380. The molecule has 2 rings (SSSR count). The summed E-state index contributed by atoms with van der Waals surface area (Å²) in [6.07, 6.45) is 2.34. The Morgan fingerprint density at radius 1 is 1.40 bits per heavy atom. The molecule has 1 fully saturated rings. The Bertz CT molecular complexity index is 433. The van der Waals surface area contributed by atoms with E-state index in [4.69, 9.17) is 4.74 Å². The van der Waals surface area contributed by atoms with E-state index in [1.54, 1.807) is 7.11 Å². The molecule has 0 amide bonds. The molecule has 0 bridgehead atoms. The lowest BCUT2D eigenvalue weighted by Gasteiger charge is -2.37. The summed E-state index contributed by atoms with van der Waals surface area (Å²) < 4.78 is 5.51. The average molecular weight is 293 g/mol. The van der Waals surface area contributed by atoms with Gasteiger partial charge in [0, 0.05) is 23.4 Å². The zero-order chi connectivity index (χ0) is 14.6. The van der Waals surface area contributed by atoms with Crippen molar-refractivity contribution in [2.24, 2.45) is 5.41 Å². The molecular formula is C17H27NOS. The van der Waals surface area contributed by atoms with Gasteiger partial charge in [-0.1, -0.05) is 39.0 Å². The molecule has 0 radical (unpaired) electrons. The summed E-state index contributed by atoms with van der Waals surface area (Å²) in [5.41, 5.74) is 1.73. The summed E-state index contributed by atoms with van der Waals surface area (Å²) in [7, 11) is 1.76. The minimum Gasteiger partial charge on any atom is -0.496 e. The van der Waals surface area contributed by atoms with Gasteiger partial charge in [-0.3, -0.25) is 0 Å². The molecule has 0 spiro atoms. The van der Waals surface area contributed by atoms with Crippen molar-refractivity contribution >= 4 is 11.8 Å². The average Bonchev–Trinajstić information content (AvgIpc) is 2.44. The molecule has 3 heteroatoms. The van der Waals surface area contributed by atoms with Crippen molar-refractivity contribution in [1.29, 1.82) is 0 Å². The van der Waals surface area contributed by atoms with Crippen molar-refractivity contribution in [2.75, 3.05) is 18.6 Å². The molecule has 0 aromatic heterocycles. The van der Waals surface area contributed by atoms with Crippen molar-refractivity contribution < 1.29 is 4.74 Å². The molecular weight excluding hydrogens is 266 g/mol. The normalized spacial score (nSPS) is 23.3. The number of rotatable bonds is 5. The second kappa shape index (κ2) is 6.86. The number of ether oxygens (including phenoxy) is 1. The molecule has 2 atom stereocenters. The maximum Gasteiger partial charge on any atom is 0.123 e. The first-order valence-corrected chi connectivity index (χ1v) is 8.68. The van der Waals surface area contributed by atoms with Crippen LogP contribution in [0.15, 0.2) is 24.3 Å². The predicted octanol–water partition coefficient (Wildman–Crippen LogP) is 4.27. The smallest absolute Gasteiger partial charge is 0.123 e. The van der Waals surface area contributed by atoms with Crippen LogP contribution in [0.3, 0.4) is 0 Å². The van der Waals surface area contributed by atoms with E-state index in [9.17, 15) is 0 Å². The highest BCUT2D eigenvalue weighted by Crippen LogP contribution is 2.35. The van der Waals surface area contributed by atoms with Gasteiger partial charge in [-0.05, 0) is 30.1 Å². The number of para-hydroxylation sites is 1. The van der Waals surface area contributed by atoms with Gasteiger partial charge in [0.2, 0.25) is 0 Å². The third-order valence-electron chi connectivity index (χ3n) is 3.97. The Labute approximate surface area is 127 Å². The number of methoxy groups -OCH3 is 1. The molecule has 1 aliphatic rings. The Hall–Kier alpha value is -0.670.